The lowest BCUT2D eigenvalue weighted by molar-refractivity contribution is 0.0572. The fraction of sp³-hybridized carbons (Fsp3) is 0.455. The van der Waals surface area contributed by atoms with Gasteiger partial charge in [-0.25, -0.2) is 0 Å². The van der Waals surface area contributed by atoms with Crippen LogP contribution in [0.1, 0.15) is 0 Å². The minimum absolute atomic E-state index is 0.299. The first-order chi connectivity index (χ1) is 8.93. The molecule has 1 atom stereocenters. The van der Waals surface area contributed by atoms with Crippen molar-refractivity contribution in [3.63, 3.8) is 0 Å². The van der Waals surface area contributed by atoms with Gasteiger partial charge in [-0.1, -0.05) is 18.2 Å². The van der Waals surface area contributed by atoms with E-state index in [4.69, 9.17) is 14.0 Å². The maximum atomic E-state index is 5.26. The maximum absolute atomic E-state index is 5.26. The number of benzene rings is 1. The Morgan fingerprint density at radius 1 is 1.17 bits per heavy atom. The van der Waals surface area contributed by atoms with E-state index in [1.54, 1.807) is 7.11 Å². The molecule has 0 bridgehead atoms. The number of methoxy groups -OCH3 is 1. The third-order valence-corrected chi connectivity index (χ3v) is 3.30. The van der Waals surface area contributed by atoms with Gasteiger partial charge in [-0.2, -0.15) is 4.52 Å². The molecule has 0 heterocycles. The zero-order chi connectivity index (χ0) is 12.9. The van der Waals surface area contributed by atoms with Crippen LogP contribution in [0.3, 0.4) is 0 Å². The van der Waals surface area contributed by atoms with Gasteiger partial charge in [-0.05, 0) is 12.1 Å². The average Bonchev–Trinajstić information content (AvgIpc) is 2.42. The van der Waals surface area contributed by atoms with E-state index in [9.17, 15) is 0 Å². The fourth-order valence-electron chi connectivity index (χ4n) is 1.04. The lowest BCUT2D eigenvalue weighted by atomic mass is 10.3. The van der Waals surface area contributed by atoms with Crippen molar-refractivity contribution in [2.75, 3.05) is 38.6 Å². The molecule has 1 aromatic carbocycles. The van der Waals surface area contributed by atoms with Gasteiger partial charge in [0, 0.05) is 12.8 Å². The zero-order valence-electron chi connectivity index (χ0n) is 10.3. The van der Waals surface area contributed by atoms with E-state index in [0.29, 0.717) is 43.9 Å². The summed E-state index contributed by atoms with van der Waals surface area (Å²) in [6, 6.07) is 9.96. The second-order valence-electron chi connectivity index (χ2n) is 3.22. The first kappa shape index (κ1) is 15.5. The molecule has 0 saturated carbocycles. The molecule has 1 rings (SSSR count). The Bertz CT molecular complexity index is 325. The Morgan fingerprint density at radius 3 is 2.72 bits per heavy atom. The zero-order valence-corrected chi connectivity index (χ0v) is 12.2. The molecular weight excluding hydrogens is 270 g/mol. The van der Waals surface area contributed by atoms with Crippen LogP contribution in [0.2, 0.25) is 0 Å². The summed E-state index contributed by atoms with van der Waals surface area (Å²) in [5.74, 6) is 0. The van der Waals surface area contributed by atoms with Gasteiger partial charge in [-0.3, -0.25) is 0 Å². The maximum Gasteiger partial charge on any atom is 0.177 e. The van der Waals surface area contributed by atoms with Gasteiger partial charge in [0.25, 0.3) is 0 Å². The molecule has 1 unspecified atom stereocenters. The summed E-state index contributed by atoms with van der Waals surface area (Å²) in [7, 11) is 2.58. The number of para-hydroxylation sites is 1. The quantitative estimate of drug-likeness (QED) is 0.530. The van der Waals surface area contributed by atoms with Gasteiger partial charge in [0.05, 0.1) is 26.4 Å². The number of hydrogen-bond donors (Lipinski definition) is 1. The van der Waals surface area contributed by atoms with Gasteiger partial charge in [0.1, 0.15) is 8.88 Å². The molecule has 1 N–H and O–H groups in total. The van der Waals surface area contributed by atoms with Crippen molar-refractivity contribution in [2.24, 2.45) is 4.52 Å². The number of nitrogens with one attached hydrogen (secondary N) is 1. The van der Waals surface area contributed by atoms with E-state index < -0.39 is 0 Å². The Kier molecular flexibility index (Phi) is 9.91. The highest BCUT2D eigenvalue weighted by molar-refractivity contribution is 7.44. The summed E-state index contributed by atoms with van der Waals surface area (Å²) in [5, 5.41) is 3.19. The van der Waals surface area contributed by atoms with Crippen molar-refractivity contribution in [3.8, 4) is 0 Å². The van der Waals surface area contributed by atoms with Crippen molar-refractivity contribution in [1.82, 2.24) is 0 Å². The lowest BCUT2D eigenvalue weighted by Crippen LogP contribution is -2.05. The number of anilines is 1. The predicted octanol–water partition coefficient (Wildman–Crippen LogP) is 3.33. The lowest BCUT2D eigenvalue weighted by Gasteiger charge is -2.02. The summed E-state index contributed by atoms with van der Waals surface area (Å²) in [4.78, 5) is 0. The Balaban J connectivity index is 1.92. The predicted molar refractivity (Wildman–Crippen MR) is 76.4 cm³/mol. The number of nitrogens with zero attached hydrogens (tertiary/aromatic N) is 1. The molecule has 100 valence electrons. The van der Waals surface area contributed by atoms with Crippen LogP contribution in [-0.4, -0.2) is 33.5 Å². The molecule has 7 heteroatoms. The smallest absolute Gasteiger partial charge is 0.177 e. The Labute approximate surface area is 111 Å². The molecule has 0 saturated heterocycles. The molecule has 0 fully saturated rings. The van der Waals surface area contributed by atoms with Crippen LogP contribution in [0, 0.1) is 0 Å². The Morgan fingerprint density at radius 2 is 1.94 bits per heavy atom. The highest BCUT2D eigenvalue weighted by Crippen LogP contribution is 2.21. The highest BCUT2D eigenvalue weighted by Gasteiger charge is 1.89. The average molecular weight is 288 g/mol. The Hall–Kier alpha value is -0.570. The van der Waals surface area contributed by atoms with E-state index >= 15 is 0 Å². The second kappa shape index (κ2) is 11.5. The molecular formula is C11H18N2O3P2. The molecule has 5 nitrogen and oxygen atoms in total. The third-order valence-electron chi connectivity index (χ3n) is 1.87. The minimum Gasteiger partial charge on any atom is -0.382 e. The SMILES string of the molecule is COCCOCCOP=NPNc1ccccc1. The number of hydrogen-bond acceptors (Lipinski definition) is 5. The van der Waals surface area contributed by atoms with E-state index in [1.807, 2.05) is 30.3 Å². The van der Waals surface area contributed by atoms with E-state index in [1.165, 1.54) is 0 Å². The highest BCUT2D eigenvalue weighted by atomic mass is 31.1. The van der Waals surface area contributed by atoms with Crippen LogP contribution in [0.15, 0.2) is 34.8 Å². The van der Waals surface area contributed by atoms with Crippen molar-refractivity contribution in [1.29, 1.82) is 0 Å². The summed E-state index contributed by atoms with van der Waals surface area (Å²) in [6.45, 7) is 2.33. The summed E-state index contributed by atoms with van der Waals surface area (Å²) in [6.07, 6.45) is 0. The van der Waals surface area contributed by atoms with Gasteiger partial charge >= 0.3 is 0 Å². The van der Waals surface area contributed by atoms with E-state index in [2.05, 4.69) is 9.60 Å². The second-order valence-corrected chi connectivity index (χ2v) is 4.92. The normalized spacial score (nSPS) is 11.6. The standard InChI is InChI=1S/C11H18N2O3P2/c1-14-7-8-15-9-10-16-18-13-17-12-11-5-3-2-4-6-11/h2-6,12,17H,7-10H2,1H3. The molecule has 0 aliphatic rings. The largest absolute Gasteiger partial charge is 0.382 e. The van der Waals surface area contributed by atoms with E-state index in [0.717, 1.165) is 5.69 Å². The molecule has 1 aromatic rings. The van der Waals surface area contributed by atoms with Gasteiger partial charge in [0.2, 0.25) is 0 Å². The molecule has 0 aromatic heterocycles. The van der Waals surface area contributed by atoms with Crippen LogP contribution < -0.4 is 5.09 Å². The van der Waals surface area contributed by atoms with Gasteiger partial charge < -0.3 is 19.1 Å². The summed E-state index contributed by atoms with van der Waals surface area (Å²) >= 11 is 0. The molecule has 0 spiro atoms. The summed E-state index contributed by atoms with van der Waals surface area (Å²) in [5.41, 5.74) is 1.07. The van der Waals surface area contributed by atoms with Gasteiger partial charge in [-0.15, -0.1) is 0 Å². The van der Waals surface area contributed by atoms with Crippen molar-refractivity contribution in [2.45, 2.75) is 0 Å². The molecule has 18 heavy (non-hydrogen) atoms. The minimum atomic E-state index is 0.299. The van der Waals surface area contributed by atoms with Crippen molar-refractivity contribution in [3.05, 3.63) is 30.3 Å². The molecule has 0 aliphatic carbocycles. The fourth-order valence-corrected chi connectivity index (χ4v) is 2.09. The number of rotatable bonds is 10. The monoisotopic (exact) mass is 288 g/mol. The van der Waals surface area contributed by atoms with Crippen molar-refractivity contribution < 1.29 is 14.0 Å². The molecule has 0 radical (unpaired) electrons. The van der Waals surface area contributed by atoms with E-state index in [-0.39, 0.29) is 0 Å². The molecule has 0 amide bonds. The topological polar surface area (TPSA) is 52.1 Å². The van der Waals surface area contributed by atoms with Crippen LogP contribution in [0.5, 0.6) is 0 Å². The third kappa shape index (κ3) is 8.51. The number of ether oxygens (including phenoxy) is 2. The first-order valence-corrected chi connectivity index (χ1v) is 7.29. The summed E-state index contributed by atoms with van der Waals surface area (Å²) < 4.78 is 19.5. The van der Waals surface area contributed by atoms with Crippen molar-refractivity contribution >= 4 is 23.2 Å². The van der Waals surface area contributed by atoms with Crippen LogP contribution in [0.25, 0.3) is 0 Å². The first-order valence-electron chi connectivity index (χ1n) is 5.58. The molecule has 0 aliphatic heterocycles. The van der Waals surface area contributed by atoms with Gasteiger partial charge in [0.15, 0.2) is 8.60 Å². The van der Waals surface area contributed by atoms with Crippen LogP contribution >= 0.6 is 17.5 Å². The van der Waals surface area contributed by atoms with Crippen LogP contribution in [0.4, 0.5) is 5.69 Å². The van der Waals surface area contributed by atoms with Crippen LogP contribution in [-0.2, 0) is 14.0 Å².